The molecule has 1 saturated carbocycles. The normalized spacial score (nSPS) is 17.7. The van der Waals surface area contributed by atoms with Crippen LogP contribution in [-0.4, -0.2) is 11.4 Å². The number of anilines is 1. The molecule has 5 heteroatoms. The molecule has 86 valence electrons. The molecule has 0 radical (unpaired) electrons. The van der Waals surface area contributed by atoms with Crippen LogP contribution in [0.25, 0.3) is 0 Å². The second-order valence-corrected chi connectivity index (χ2v) is 4.47. The van der Waals surface area contributed by atoms with Gasteiger partial charge in [0.2, 0.25) is 5.91 Å². The van der Waals surface area contributed by atoms with E-state index in [0.29, 0.717) is 12.8 Å². The number of carbonyl (C=O) groups is 1. The Hall–Kier alpha value is -1.13. The van der Waals surface area contributed by atoms with Crippen LogP contribution < -0.4 is 11.1 Å². The number of hydrogen-bond acceptors (Lipinski definition) is 2. The summed E-state index contributed by atoms with van der Waals surface area (Å²) in [5.41, 5.74) is 5.05. The van der Waals surface area contributed by atoms with Crippen molar-refractivity contribution < 1.29 is 9.18 Å². The van der Waals surface area contributed by atoms with Gasteiger partial charge < -0.3 is 11.1 Å². The van der Waals surface area contributed by atoms with Gasteiger partial charge in [-0.25, -0.2) is 4.39 Å². The highest BCUT2D eigenvalue weighted by molar-refractivity contribution is 6.31. The minimum atomic E-state index is -0.839. The average molecular weight is 243 g/mol. The largest absolute Gasteiger partial charge is 0.322 e. The Morgan fingerprint density at radius 2 is 2.19 bits per heavy atom. The Bertz CT molecular complexity index is 432. The number of rotatable bonds is 2. The van der Waals surface area contributed by atoms with E-state index in [1.165, 1.54) is 12.1 Å². The smallest absolute Gasteiger partial charge is 0.244 e. The lowest BCUT2D eigenvalue weighted by atomic mass is 9.77. The Balaban J connectivity index is 2.15. The molecule has 1 aliphatic rings. The van der Waals surface area contributed by atoms with E-state index in [9.17, 15) is 9.18 Å². The van der Waals surface area contributed by atoms with Crippen LogP contribution in [0.1, 0.15) is 19.3 Å². The molecule has 1 amide bonds. The Kier molecular flexibility index (Phi) is 2.86. The molecule has 3 nitrogen and oxygen atoms in total. The van der Waals surface area contributed by atoms with Crippen molar-refractivity contribution in [3.05, 3.63) is 29.0 Å². The lowest BCUT2D eigenvalue weighted by molar-refractivity contribution is -0.123. The van der Waals surface area contributed by atoms with Crippen LogP contribution in [0.5, 0.6) is 0 Å². The second kappa shape index (κ2) is 4.03. The molecule has 0 spiro atoms. The zero-order chi connectivity index (χ0) is 11.8. The maximum Gasteiger partial charge on any atom is 0.244 e. The molecule has 1 aromatic rings. The molecule has 16 heavy (non-hydrogen) atoms. The fourth-order valence-electron chi connectivity index (χ4n) is 1.63. The number of halogens is 2. The van der Waals surface area contributed by atoms with Gasteiger partial charge in [-0.1, -0.05) is 17.7 Å². The van der Waals surface area contributed by atoms with Crippen molar-refractivity contribution in [1.29, 1.82) is 0 Å². The van der Waals surface area contributed by atoms with Gasteiger partial charge in [-0.15, -0.1) is 0 Å². The van der Waals surface area contributed by atoms with E-state index < -0.39 is 11.4 Å². The SMILES string of the molecule is NC1(C(=O)Nc2cccc(Cl)c2F)CCC1. The summed E-state index contributed by atoms with van der Waals surface area (Å²) in [6, 6.07) is 4.46. The van der Waals surface area contributed by atoms with E-state index in [1.54, 1.807) is 6.07 Å². The molecule has 0 saturated heterocycles. The van der Waals surface area contributed by atoms with Gasteiger partial charge in [0.1, 0.15) is 0 Å². The van der Waals surface area contributed by atoms with E-state index in [2.05, 4.69) is 5.32 Å². The summed E-state index contributed by atoms with van der Waals surface area (Å²) in [5.74, 6) is -0.972. The highest BCUT2D eigenvalue weighted by atomic mass is 35.5. The summed E-state index contributed by atoms with van der Waals surface area (Å²) in [6.07, 6.45) is 2.21. The van der Waals surface area contributed by atoms with Gasteiger partial charge in [0.25, 0.3) is 0 Å². The fraction of sp³-hybridized carbons (Fsp3) is 0.364. The number of carbonyl (C=O) groups excluding carboxylic acids is 1. The highest BCUT2D eigenvalue weighted by Gasteiger charge is 2.40. The minimum Gasteiger partial charge on any atom is -0.322 e. The molecule has 0 heterocycles. The standard InChI is InChI=1S/C11H12ClFN2O/c12-7-3-1-4-8(9(7)13)15-10(16)11(14)5-2-6-11/h1,3-4H,2,5-6,14H2,(H,15,16). The van der Waals surface area contributed by atoms with Gasteiger partial charge in [0, 0.05) is 0 Å². The third-order valence-corrected chi connectivity index (χ3v) is 3.19. The average Bonchev–Trinajstić information content (AvgIpc) is 2.21. The van der Waals surface area contributed by atoms with Gasteiger partial charge in [-0.3, -0.25) is 4.79 Å². The van der Waals surface area contributed by atoms with Crippen molar-refractivity contribution >= 4 is 23.2 Å². The van der Waals surface area contributed by atoms with E-state index in [1.807, 2.05) is 0 Å². The summed E-state index contributed by atoms with van der Waals surface area (Å²) in [6.45, 7) is 0. The Morgan fingerprint density at radius 3 is 2.75 bits per heavy atom. The monoisotopic (exact) mass is 242 g/mol. The van der Waals surface area contributed by atoms with Crippen molar-refractivity contribution in [2.75, 3.05) is 5.32 Å². The summed E-state index contributed by atoms with van der Waals surface area (Å²) in [4.78, 5) is 11.7. The lowest BCUT2D eigenvalue weighted by Crippen LogP contribution is -2.56. The first-order chi connectivity index (χ1) is 7.53. The maximum atomic E-state index is 13.5. The third-order valence-electron chi connectivity index (χ3n) is 2.90. The molecule has 0 bridgehead atoms. The van der Waals surface area contributed by atoms with Crippen molar-refractivity contribution in [2.45, 2.75) is 24.8 Å². The highest BCUT2D eigenvalue weighted by Crippen LogP contribution is 2.31. The number of benzene rings is 1. The van der Waals surface area contributed by atoms with E-state index in [-0.39, 0.29) is 16.6 Å². The van der Waals surface area contributed by atoms with Crippen LogP contribution in [0, 0.1) is 5.82 Å². The summed E-state index contributed by atoms with van der Waals surface area (Å²) < 4.78 is 13.5. The number of nitrogens with one attached hydrogen (secondary N) is 1. The number of hydrogen-bond donors (Lipinski definition) is 2. The Labute approximate surface area is 97.8 Å². The van der Waals surface area contributed by atoms with Gasteiger partial charge >= 0.3 is 0 Å². The molecular formula is C11H12ClFN2O. The maximum absolute atomic E-state index is 13.5. The quantitative estimate of drug-likeness (QED) is 0.836. The van der Waals surface area contributed by atoms with Gasteiger partial charge in [0.15, 0.2) is 5.82 Å². The van der Waals surface area contributed by atoms with Gasteiger partial charge in [-0.05, 0) is 31.4 Å². The minimum absolute atomic E-state index is 0.0162. The first-order valence-electron chi connectivity index (χ1n) is 5.07. The third kappa shape index (κ3) is 1.90. The summed E-state index contributed by atoms with van der Waals surface area (Å²) >= 11 is 5.60. The zero-order valence-corrected chi connectivity index (χ0v) is 9.35. The molecule has 3 N–H and O–H groups in total. The van der Waals surface area contributed by atoms with Crippen molar-refractivity contribution in [1.82, 2.24) is 0 Å². The lowest BCUT2D eigenvalue weighted by Gasteiger charge is -2.36. The molecule has 0 atom stereocenters. The van der Waals surface area contributed by atoms with Crippen molar-refractivity contribution in [2.24, 2.45) is 5.73 Å². The molecule has 1 aromatic carbocycles. The molecule has 0 aliphatic heterocycles. The van der Waals surface area contributed by atoms with Crippen LogP contribution >= 0.6 is 11.6 Å². The van der Waals surface area contributed by atoms with Crippen LogP contribution in [-0.2, 0) is 4.79 Å². The van der Waals surface area contributed by atoms with Crippen LogP contribution in [0.3, 0.4) is 0 Å². The van der Waals surface area contributed by atoms with Crippen LogP contribution in [0.15, 0.2) is 18.2 Å². The Morgan fingerprint density at radius 1 is 1.50 bits per heavy atom. The van der Waals surface area contributed by atoms with Crippen LogP contribution in [0.4, 0.5) is 10.1 Å². The second-order valence-electron chi connectivity index (χ2n) is 4.07. The molecule has 0 unspecified atom stereocenters. The number of amides is 1. The number of nitrogens with two attached hydrogens (primary N) is 1. The first kappa shape index (κ1) is 11.4. The molecule has 1 fully saturated rings. The van der Waals surface area contributed by atoms with Crippen molar-refractivity contribution in [3.8, 4) is 0 Å². The molecule has 0 aromatic heterocycles. The topological polar surface area (TPSA) is 55.1 Å². The fourth-order valence-corrected chi connectivity index (χ4v) is 1.81. The van der Waals surface area contributed by atoms with Crippen LogP contribution in [0.2, 0.25) is 5.02 Å². The summed E-state index contributed by atoms with van der Waals surface area (Å²) in [7, 11) is 0. The van der Waals surface area contributed by atoms with E-state index in [0.717, 1.165) is 6.42 Å². The van der Waals surface area contributed by atoms with Gasteiger partial charge in [-0.2, -0.15) is 0 Å². The van der Waals surface area contributed by atoms with Crippen molar-refractivity contribution in [3.63, 3.8) is 0 Å². The molecule has 1 aliphatic carbocycles. The summed E-state index contributed by atoms with van der Waals surface area (Å²) in [5, 5.41) is 2.45. The molecular weight excluding hydrogens is 231 g/mol. The van der Waals surface area contributed by atoms with Gasteiger partial charge in [0.05, 0.1) is 16.2 Å². The zero-order valence-electron chi connectivity index (χ0n) is 8.59. The molecule has 2 rings (SSSR count). The van der Waals surface area contributed by atoms with E-state index in [4.69, 9.17) is 17.3 Å². The predicted octanol–water partition coefficient (Wildman–Crippen LogP) is 2.30. The predicted molar refractivity (Wildman–Crippen MR) is 60.8 cm³/mol. The first-order valence-corrected chi connectivity index (χ1v) is 5.45. The van der Waals surface area contributed by atoms with E-state index >= 15 is 0 Å².